The van der Waals surface area contributed by atoms with Gasteiger partial charge in [-0.3, -0.25) is 0 Å². The third-order valence-electron chi connectivity index (χ3n) is 4.81. The van der Waals surface area contributed by atoms with E-state index in [2.05, 4.69) is 5.10 Å². The Kier molecular flexibility index (Phi) is 4.96. The summed E-state index contributed by atoms with van der Waals surface area (Å²) >= 11 is 6.41. The lowest BCUT2D eigenvalue weighted by Gasteiger charge is -2.24. The Morgan fingerprint density at radius 3 is 2.25 bits per heavy atom. The Morgan fingerprint density at radius 1 is 0.929 bits per heavy atom. The highest BCUT2D eigenvalue weighted by atomic mass is 35.5. The number of aryl methyl sites for hydroxylation is 1. The summed E-state index contributed by atoms with van der Waals surface area (Å²) in [6.45, 7) is 1.92. The Labute approximate surface area is 170 Å². The van der Waals surface area contributed by atoms with E-state index in [4.69, 9.17) is 11.6 Å². The molecule has 0 aromatic heterocycles. The Morgan fingerprint density at radius 2 is 1.57 bits per heavy atom. The molecule has 0 N–H and O–H groups in total. The van der Waals surface area contributed by atoms with Gasteiger partial charge in [0, 0.05) is 11.4 Å². The highest BCUT2D eigenvalue weighted by molar-refractivity contribution is 7.89. The van der Waals surface area contributed by atoms with Gasteiger partial charge in [0.1, 0.15) is 0 Å². The van der Waals surface area contributed by atoms with E-state index in [9.17, 15) is 8.42 Å². The molecule has 1 atom stereocenters. The third kappa shape index (κ3) is 3.43. The highest BCUT2D eigenvalue weighted by Crippen LogP contribution is 2.39. The lowest BCUT2D eigenvalue weighted by atomic mass is 9.99. The molecule has 1 heterocycles. The monoisotopic (exact) mass is 410 g/mol. The van der Waals surface area contributed by atoms with Crippen LogP contribution in [0.25, 0.3) is 0 Å². The van der Waals surface area contributed by atoms with Gasteiger partial charge in [0.2, 0.25) is 0 Å². The van der Waals surface area contributed by atoms with Crippen molar-refractivity contribution >= 4 is 27.3 Å². The summed E-state index contributed by atoms with van der Waals surface area (Å²) < 4.78 is 28.0. The average molecular weight is 411 g/mol. The molecular weight excluding hydrogens is 392 g/mol. The maximum absolute atomic E-state index is 13.4. The average Bonchev–Trinajstić information content (AvgIpc) is 3.15. The van der Waals surface area contributed by atoms with E-state index in [1.807, 2.05) is 55.5 Å². The second-order valence-electron chi connectivity index (χ2n) is 6.74. The number of hydrazone groups is 1. The van der Waals surface area contributed by atoms with Gasteiger partial charge >= 0.3 is 0 Å². The standard InChI is InChI=1S/C22H19ClN2O2S/c1-16-11-13-18(14-12-16)28(26,27)25-22(19-9-5-6-10-20(19)23)15-21(24-25)17-7-3-2-4-8-17/h2-14,22H,15H2,1H3/t22-/m0/s1. The largest absolute Gasteiger partial charge is 0.279 e. The smallest absolute Gasteiger partial charge is 0.200 e. The van der Waals surface area contributed by atoms with E-state index in [0.29, 0.717) is 11.4 Å². The molecule has 0 amide bonds. The first-order chi connectivity index (χ1) is 13.5. The van der Waals surface area contributed by atoms with E-state index < -0.39 is 16.1 Å². The zero-order valence-electron chi connectivity index (χ0n) is 15.3. The fourth-order valence-corrected chi connectivity index (χ4v) is 5.00. The second-order valence-corrected chi connectivity index (χ2v) is 8.95. The van der Waals surface area contributed by atoms with E-state index in [1.54, 1.807) is 30.3 Å². The van der Waals surface area contributed by atoms with Crippen LogP contribution in [0.3, 0.4) is 0 Å². The van der Waals surface area contributed by atoms with Crippen LogP contribution in [-0.4, -0.2) is 18.5 Å². The quantitative estimate of drug-likeness (QED) is 0.594. The van der Waals surface area contributed by atoms with Crippen LogP contribution in [-0.2, 0) is 10.0 Å². The van der Waals surface area contributed by atoms with Gasteiger partial charge in [-0.05, 0) is 36.2 Å². The maximum atomic E-state index is 13.4. The summed E-state index contributed by atoms with van der Waals surface area (Å²) in [6.07, 6.45) is 0.457. The summed E-state index contributed by atoms with van der Waals surface area (Å²) in [7, 11) is -3.82. The number of halogens is 1. The molecule has 4 nitrogen and oxygen atoms in total. The van der Waals surface area contributed by atoms with Gasteiger partial charge in [0.15, 0.2) is 0 Å². The van der Waals surface area contributed by atoms with Crippen LogP contribution in [0.2, 0.25) is 5.02 Å². The number of rotatable bonds is 4. The SMILES string of the molecule is Cc1ccc(S(=O)(=O)N2N=C(c3ccccc3)C[C@H]2c2ccccc2Cl)cc1. The Balaban J connectivity index is 1.82. The topological polar surface area (TPSA) is 49.7 Å². The fourth-order valence-electron chi connectivity index (χ4n) is 3.31. The first-order valence-electron chi connectivity index (χ1n) is 8.95. The molecule has 0 unspecified atom stereocenters. The fraction of sp³-hybridized carbons (Fsp3) is 0.136. The van der Waals surface area contributed by atoms with Crippen LogP contribution >= 0.6 is 11.6 Å². The molecule has 28 heavy (non-hydrogen) atoms. The summed E-state index contributed by atoms with van der Waals surface area (Å²) in [6, 6.07) is 23.3. The molecule has 1 aliphatic heterocycles. The van der Waals surface area contributed by atoms with Crippen molar-refractivity contribution < 1.29 is 8.42 Å². The zero-order chi connectivity index (χ0) is 19.7. The molecule has 0 saturated heterocycles. The predicted octanol–water partition coefficient (Wildman–Crippen LogP) is 5.19. The first kappa shape index (κ1) is 18.7. The predicted molar refractivity (Wildman–Crippen MR) is 112 cm³/mol. The van der Waals surface area contributed by atoms with Crippen molar-refractivity contribution in [3.05, 3.63) is 101 Å². The number of hydrogen-bond donors (Lipinski definition) is 0. The first-order valence-corrected chi connectivity index (χ1v) is 10.8. The third-order valence-corrected chi connectivity index (χ3v) is 6.85. The van der Waals surface area contributed by atoms with Gasteiger partial charge in [0.05, 0.1) is 16.6 Å². The summed E-state index contributed by atoms with van der Waals surface area (Å²) in [5.74, 6) is 0. The molecule has 142 valence electrons. The maximum Gasteiger partial charge on any atom is 0.279 e. The van der Waals surface area contributed by atoms with E-state index >= 15 is 0 Å². The van der Waals surface area contributed by atoms with Gasteiger partial charge in [0.25, 0.3) is 10.0 Å². The highest BCUT2D eigenvalue weighted by Gasteiger charge is 2.38. The van der Waals surface area contributed by atoms with Crippen molar-refractivity contribution in [1.29, 1.82) is 0 Å². The number of sulfonamides is 1. The molecule has 0 aliphatic carbocycles. The molecule has 0 spiro atoms. The van der Waals surface area contributed by atoms with Gasteiger partial charge < -0.3 is 0 Å². The molecular formula is C22H19ClN2O2S. The van der Waals surface area contributed by atoms with Crippen LogP contribution in [0.5, 0.6) is 0 Å². The molecule has 3 aromatic carbocycles. The van der Waals surface area contributed by atoms with Crippen molar-refractivity contribution in [1.82, 2.24) is 4.41 Å². The number of benzene rings is 3. The molecule has 0 fully saturated rings. The minimum Gasteiger partial charge on any atom is -0.200 e. The normalized spacial score (nSPS) is 16.9. The van der Waals surface area contributed by atoms with Crippen molar-refractivity contribution in [2.24, 2.45) is 5.10 Å². The summed E-state index contributed by atoms with van der Waals surface area (Å²) in [5, 5.41) is 5.06. The molecule has 4 rings (SSSR count). The van der Waals surface area contributed by atoms with E-state index in [0.717, 1.165) is 22.4 Å². The van der Waals surface area contributed by atoms with Crippen LogP contribution in [0.4, 0.5) is 0 Å². The van der Waals surface area contributed by atoms with Crippen LogP contribution in [0.15, 0.2) is 88.9 Å². The van der Waals surface area contributed by atoms with E-state index in [-0.39, 0.29) is 4.90 Å². The number of nitrogens with zero attached hydrogens (tertiary/aromatic N) is 2. The lowest BCUT2D eigenvalue weighted by molar-refractivity contribution is 0.371. The van der Waals surface area contributed by atoms with Crippen LogP contribution in [0, 0.1) is 6.92 Å². The van der Waals surface area contributed by atoms with Crippen molar-refractivity contribution in [2.75, 3.05) is 0 Å². The number of hydrogen-bond acceptors (Lipinski definition) is 3. The minimum absolute atomic E-state index is 0.216. The van der Waals surface area contributed by atoms with Gasteiger partial charge in [-0.2, -0.15) is 17.9 Å². The molecule has 6 heteroatoms. The Bertz CT molecular complexity index is 1130. The molecule has 0 saturated carbocycles. The van der Waals surface area contributed by atoms with Crippen LogP contribution < -0.4 is 0 Å². The van der Waals surface area contributed by atoms with Gasteiger partial charge in [-0.25, -0.2) is 0 Å². The summed E-state index contributed by atoms with van der Waals surface area (Å²) in [4.78, 5) is 0.216. The molecule has 0 radical (unpaired) electrons. The van der Waals surface area contributed by atoms with E-state index in [1.165, 1.54) is 4.41 Å². The molecule has 0 bridgehead atoms. The van der Waals surface area contributed by atoms with Gasteiger partial charge in [-0.15, -0.1) is 0 Å². The second kappa shape index (κ2) is 7.41. The minimum atomic E-state index is -3.82. The zero-order valence-corrected chi connectivity index (χ0v) is 16.9. The van der Waals surface area contributed by atoms with Gasteiger partial charge in [-0.1, -0.05) is 77.8 Å². The molecule has 1 aliphatic rings. The lowest BCUT2D eigenvalue weighted by Crippen LogP contribution is -2.27. The Hall–Kier alpha value is -2.63. The van der Waals surface area contributed by atoms with Crippen molar-refractivity contribution in [2.45, 2.75) is 24.3 Å². The van der Waals surface area contributed by atoms with Crippen molar-refractivity contribution in [3.63, 3.8) is 0 Å². The summed E-state index contributed by atoms with van der Waals surface area (Å²) in [5.41, 5.74) is 3.37. The van der Waals surface area contributed by atoms with Crippen LogP contribution in [0.1, 0.15) is 29.2 Å². The van der Waals surface area contributed by atoms with Crippen molar-refractivity contribution in [3.8, 4) is 0 Å². The molecule has 3 aromatic rings.